The van der Waals surface area contributed by atoms with Gasteiger partial charge in [-0.15, -0.1) is 0 Å². The molecule has 0 spiro atoms. The third kappa shape index (κ3) is 1.06. The molecule has 1 heterocycles. The van der Waals surface area contributed by atoms with Gasteiger partial charge in [0.25, 0.3) is 0 Å². The molecule has 0 bridgehead atoms. The lowest BCUT2D eigenvalue weighted by Gasteiger charge is -1.95. The molecule has 0 saturated heterocycles. The maximum atomic E-state index is 8.57. The van der Waals surface area contributed by atoms with Gasteiger partial charge in [0.05, 0.1) is 0 Å². The van der Waals surface area contributed by atoms with Crippen LogP contribution in [-0.4, -0.2) is 0 Å². The van der Waals surface area contributed by atoms with Crippen LogP contribution in [0.3, 0.4) is 0 Å². The minimum Gasteiger partial charge on any atom is -0.354 e. The lowest BCUT2D eigenvalue weighted by molar-refractivity contribution is 1.40. The summed E-state index contributed by atoms with van der Waals surface area (Å²) in [6, 6.07) is 9.96. The number of anilines is 1. The maximum Gasteiger partial charge on any atom is 0.223 e. The summed E-state index contributed by atoms with van der Waals surface area (Å²) in [4.78, 5) is 1.13. The summed E-state index contributed by atoms with van der Waals surface area (Å²) in [6.07, 6.45) is 0. The zero-order valence-corrected chi connectivity index (χ0v) is 6.48. The van der Waals surface area contributed by atoms with Crippen molar-refractivity contribution < 1.29 is 0 Å². The van der Waals surface area contributed by atoms with E-state index >= 15 is 0 Å². The van der Waals surface area contributed by atoms with Gasteiger partial charge in [-0.1, -0.05) is 23.9 Å². The van der Waals surface area contributed by atoms with Crippen molar-refractivity contribution in [2.75, 3.05) is 5.32 Å². The molecule has 0 amide bonds. The lowest BCUT2D eigenvalue weighted by atomic mass is 10.3. The van der Waals surface area contributed by atoms with Crippen molar-refractivity contribution >= 4 is 17.4 Å². The predicted octanol–water partition coefficient (Wildman–Crippen LogP) is 2.22. The van der Waals surface area contributed by atoms with E-state index in [1.54, 1.807) is 0 Å². The van der Waals surface area contributed by atoms with Gasteiger partial charge in [0.1, 0.15) is 6.07 Å². The Morgan fingerprint density at radius 1 is 1.36 bits per heavy atom. The molecule has 0 fully saturated rings. The SMILES string of the molecule is N#C[C]1Nc2ccccc2S1. The van der Waals surface area contributed by atoms with Crippen LogP contribution in [0.2, 0.25) is 0 Å². The summed E-state index contributed by atoms with van der Waals surface area (Å²) in [6.45, 7) is 0. The van der Waals surface area contributed by atoms with Crippen LogP contribution in [0.15, 0.2) is 29.2 Å². The summed E-state index contributed by atoms with van der Waals surface area (Å²) in [5.74, 6) is 0. The van der Waals surface area contributed by atoms with Crippen LogP contribution in [0.5, 0.6) is 0 Å². The van der Waals surface area contributed by atoms with Gasteiger partial charge in [0.2, 0.25) is 5.37 Å². The van der Waals surface area contributed by atoms with Gasteiger partial charge in [0, 0.05) is 10.6 Å². The summed E-state index contributed by atoms with van der Waals surface area (Å²) in [5, 5.41) is 12.2. The molecule has 3 heteroatoms. The number of thioether (sulfide) groups is 1. The Balaban J connectivity index is 2.35. The quantitative estimate of drug-likeness (QED) is 0.633. The summed E-state index contributed by atoms with van der Waals surface area (Å²) in [5.41, 5.74) is 1.04. The predicted molar refractivity (Wildman–Crippen MR) is 44.8 cm³/mol. The molecule has 1 aromatic carbocycles. The van der Waals surface area contributed by atoms with Crippen molar-refractivity contribution in [3.8, 4) is 6.07 Å². The number of rotatable bonds is 0. The molecule has 53 valence electrons. The molecule has 1 aromatic rings. The fourth-order valence-corrected chi connectivity index (χ4v) is 1.77. The minimum absolute atomic E-state index is 0.659. The molecule has 2 rings (SSSR count). The van der Waals surface area contributed by atoms with E-state index < -0.39 is 0 Å². The Kier molecular flexibility index (Phi) is 1.48. The molecule has 2 nitrogen and oxygen atoms in total. The maximum absolute atomic E-state index is 8.57. The van der Waals surface area contributed by atoms with E-state index in [0.29, 0.717) is 5.37 Å². The van der Waals surface area contributed by atoms with E-state index in [1.165, 1.54) is 11.8 Å². The number of nitriles is 1. The largest absolute Gasteiger partial charge is 0.354 e. The zero-order valence-electron chi connectivity index (χ0n) is 5.66. The monoisotopic (exact) mass is 161 g/mol. The first-order valence-corrected chi connectivity index (χ1v) is 4.03. The van der Waals surface area contributed by atoms with Gasteiger partial charge < -0.3 is 5.32 Å². The topological polar surface area (TPSA) is 35.8 Å². The number of fused-ring (bicyclic) bond motifs is 1. The first kappa shape index (κ1) is 6.56. The van der Waals surface area contributed by atoms with Crippen LogP contribution in [-0.2, 0) is 0 Å². The Morgan fingerprint density at radius 3 is 2.91 bits per heavy atom. The fraction of sp³-hybridized carbons (Fsp3) is 0. The molecule has 0 aromatic heterocycles. The molecule has 1 aliphatic heterocycles. The highest BCUT2D eigenvalue weighted by Crippen LogP contribution is 2.41. The molecule has 0 unspecified atom stereocenters. The number of hydrogen-bond donors (Lipinski definition) is 1. The summed E-state index contributed by atoms with van der Waals surface area (Å²) < 4.78 is 0. The Hall–Kier alpha value is -1.14. The van der Waals surface area contributed by atoms with Crippen molar-refractivity contribution in [1.82, 2.24) is 0 Å². The smallest absolute Gasteiger partial charge is 0.223 e. The molecule has 0 saturated carbocycles. The van der Waals surface area contributed by atoms with Gasteiger partial charge >= 0.3 is 0 Å². The Bertz CT molecular complexity index is 291. The van der Waals surface area contributed by atoms with E-state index in [9.17, 15) is 0 Å². The highest BCUT2D eigenvalue weighted by Gasteiger charge is 2.20. The van der Waals surface area contributed by atoms with Gasteiger partial charge in [-0.3, -0.25) is 0 Å². The standard InChI is InChI=1S/C8H5N2S/c9-5-8-10-6-3-1-2-4-7(6)11-8/h1-4,10H. The zero-order chi connectivity index (χ0) is 7.68. The average molecular weight is 161 g/mol. The van der Waals surface area contributed by atoms with Crippen LogP contribution < -0.4 is 5.32 Å². The fourth-order valence-electron chi connectivity index (χ4n) is 0.967. The van der Waals surface area contributed by atoms with Crippen molar-refractivity contribution in [3.63, 3.8) is 0 Å². The Morgan fingerprint density at radius 2 is 2.18 bits per heavy atom. The van der Waals surface area contributed by atoms with Crippen LogP contribution >= 0.6 is 11.8 Å². The van der Waals surface area contributed by atoms with Crippen LogP contribution in [0.4, 0.5) is 5.69 Å². The first-order chi connectivity index (χ1) is 5.40. The first-order valence-electron chi connectivity index (χ1n) is 3.21. The van der Waals surface area contributed by atoms with E-state index in [2.05, 4.69) is 11.4 Å². The van der Waals surface area contributed by atoms with Crippen molar-refractivity contribution in [3.05, 3.63) is 29.6 Å². The van der Waals surface area contributed by atoms with Gasteiger partial charge in [-0.05, 0) is 12.1 Å². The third-order valence-corrected chi connectivity index (χ3v) is 2.42. The number of nitrogens with zero attached hydrogens (tertiary/aromatic N) is 1. The lowest BCUT2D eigenvalue weighted by Crippen LogP contribution is -1.94. The van der Waals surface area contributed by atoms with E-state index in [1.807, 2.05) is 24.3 Å². The van der Waals surface area contributed by atoms with Gasteiger partial charge in [0.15, 0.2) is 0 Å². The Labute approximate surface area is 69.2 Å². The molecule has 1 aliphatic rings. The van der Waals surface area contributed by atoms with E-state index in [0.717, 1.165) is 10.6 Å². The second-order valence-corrected chi connectivity index (χ2v) is 3.22. The number of para-hydroxylation sites is 1. The molecular weight excluding hydrogens is 156 g/mol. The average Bonchev–Trinajstić information content (AvgIpc) is 2.46. The van der Waals surface area contributed by atoms with Gasteiger partial charge in [-0.25, -0.2) is 0 Å². The van der Waals surface area contributed by atoms with Crippen molar-refractivity contribution in [2.45, 2.75) is 4.90 Å². The molecule has 1 radical (unpaired) electrons. The van der Waals surface area contributed by atoms with Crippen molar-refractivity contribution in [2.24, 2.45) is 0 Å². The molecule has 11 heavy (non-hydrogen) atoms. The van der Waals surface area contributed by atoms with Crippen molar-refractivity contribution in [1.29, 1.82) is 5.26 Å². The normalized spacial score (nSPS) is 15.2. The van der Waals surface area contributed by atoms with E-state index in [4.69, 9.17) is 5.26 Å². The second-order valence-electron chi connectivity index (χ2n) is 2.16. The van der Waals surface area contributed by atoms with Crippen LogP contribution in [0.1, 0.15) is 0 Å². The second kappa shape index (κ2) is 2.48. The number of hydrogen-bond acceptors (Lipinski definition) is 3. The van der Waals surface area contributed by atoms with E-state index in [-0.39, 0.29) is 0 Å². The molecule has 0 atom stereocenters. The van der Waals surface area contributed by atoms with Gasteiger partial charge in [-0.2, -0.15) is 5.26 Å². The number of benzene rings is 1. The van der Waals surface area contributed by atoms with Crippen LogP contribution in [0, 0.1) is 16.7 Å². The molecule has 0 aliphatic carbocycles. The van der Waals surface area contributed by atoms with Crippen LogP contribution in [0.25, 0.3) is 0 Å². The minimum atomic E-state index is 0.659. The molecule has 1 N–H and O–H groups in total. The highest BCUT2D eigenvalue weighted by molar-refractivity contribution is 8.03. The summed E-state index contributed by atoms with van der Waals surface area (Å²) in [7, 11) is 0. The summed E-state index contributed by atoms with van der Waals surface area (Å²) >= 11 is 1.48. The molecular formula is C8H5N2S. The third-order valence-electron chi connectivity index (χ3n) is 1.45. The number of nitrogens with one attached hydrogen (secondary N) is 1. The highest BCUT2D eigenvalue weighted by atomic mass is 32.2.